The molecule has 1 aromatic carbocycles. The van der Waals surface area contributed by atoms with Crippen molar-refractivity contribution in [3.8, 4) is 0 Å². The summed E-state index contributed by atoms with van der Waals surface area (Å²) >= 11 is 0. The van der Waals surface area contributed by atoms with Crippen molar-refractivity contribution in [2.75, 3.05) is 13.1 Å². The number of nitrogens with zero attached hydrogens (tertiary/aromatic N) is 1. The predicted octanol–water partition coefficient (Wildman–Crippen LogP) is 1.70. The molecule has 1 atom stereocenters. The van der Waals surface area contributed by atoms with E-state index in [1.807, 2.05) is 0 Å². The number of sulfonamides is 1. The van der Waals surface area contributed by atoms with Gasteiger partial charge in [-0.2, -0.15) is 0 Å². The lowest BCUT2D eigenvalue weighted by molar-refractivity contribution is -0.143. The summed E-state index contributed by atoms with van der Waals surface area (Å²) in [6.45, 7) is 5.93. The molecule has 1 amide bonds. The van der Waals surface area contributed by atoms with Gasteiger partial charge in [0.05, 0.1) is 10.8 Å². The standard InChI is InChI=1S/C17H24N2O5S/c1-17(2,3)18-25(23,24)14-8-6-12(7-9-14)15(20)19-10-4-5-13(11-19)16(21)22/h6-9,13,18H,4-5,10-11H2,1-3H3,(H,21,22)/t13-/m0/s1. The quantitative estimate of drug-likeness (QED) is 0.842. The molecule has 2 N–H and O–H groups in total. The number of hydrogen-bond acceptors (Lipinski definition) is 4. The lowest BCUT2D eigenvalue weighted by atomic mass is 9.97. The molecule has 0 bridgehead atoms. The van der Waals surface area contributed by atoms with Crippen LogP contribution in [-0.4, -0.2) is 48.9 Å². The number of carboxylic acids is 1. The first-order valence-electron chi connectivity index (χ1n) is 8.16. The smallest absolute Gasteiger partial charge is 0.308 e. The summed E-state index contributed by atoms with van der Waals surface area (Å²) < 4.78 is 27.1. The SMILES string of the molecule is CC(C)(C)NS(=O)(=O)c1ccc(C(=O)N2CCC[C@H](C(=O)O)C2)cc1. The van der Waals surface area contributed by atoms with Crippen molar-refractivity contribution in [1.29, 1.82) is 0 Å². The second-order valence-corrected chi connectivity index (χ2v) is 8.99. The molecule has 1 heterocycles. The molecule has 1 aliphatic rings. The Balaban J connectivity index is 2.14. The molecular formula is C17H24N2O5S. The van der Waals surface area contributed by atoms with Gasteiger partial charge in [-0.15, -0.1) is 0 Å². The molecule has 0 saturated carbocycles. The number of hydrogen-bond donors (Lipinski definition) is 2. The fraction of sp³-hybridized carbons (Fsp3) is 0.529. The first kappa shape index (κ1) is 19.4. The Morgan fingerprint density at radius 3 is 2.32 bits per heavy atom. The molecule has 1 fully saturated rings. The summed E-state index contributed by atoms with van der Waals surface area (Å²) in [6.07, 6.45) is 1.21. The van der Waals surface area contributed by atoms with Crippen molar-refractivity contribution < 1.29 is 23.1 Å². The number of rotatable bonds is 4. The number of amides is 1. The Bertz CT molecular complexity index is 750. The lowest BCUT2D eigenvalue weighted by Crippen LogP contribution is -2.42. The van der Waals surface area contributed by atoms with Crippen LogP contribution in [0.15, 0.2) is 29.2 Å². The fourth-order valence-electron chi connectivity index (χ4n) is 2.78. The van der Waals surface area contributed by atoms with E-state index in [0.717, 1.165) is 0 Å². The van der Waals surface area contributed by atoms with Gasteiger partial charge in [0.1, 0.15) is 0 Å². The third-order valence-corrected chi connectivity index (χ3v) is 5.68. The van der Waals surface area contributed by atoms with Crippen molar-refractivity contribution in [3.63, 3.8) is 0 Å². The Hall–Kier alpha value is -1.93. The van der Waals surface area contributed by atoms with E-state index in [2.05, 4.69) is 4.72 Å². The summed E-state index contributed by atoms with van der Waals surface area (Å²) in [7, 11) is -3.66. The van der Waals surface area contributed by atoms with Crippen LogP contribution in [0.2, 0.25) is 0 Å². The van der Waals surface area contributed by atoms with E-state index in [9.17, 15) is 18.0 Å². The molecule has 2 rings (SSSR count). The number of piperidine rings is 1. The zero-order chi connectivity index (χ0) is 18.8. The number of benzene rings is 1. The van der Waals surface area contributed by atoms with Crippen LogP contribution in [-0.2, 0) is 14.8 Å². The number of nitrogens with one attached hydrogen (secondary N) is 1. The topological polar surface area (TPSA) is 104 Å². The molecule has 0 aromatic heterocycles. The van der Waals surface area contributed by atoms with Crippen LogP contribution in [0.3, 0.4) is 0 Å². The van der Waals surface area contributed by atoms with E-state index in [-0.39, 0.29) is 17.3 Å². The molecular weight excluding hydrogens is 344 g/mol. The zero-order valence-corrected chi connectivity index (χ0v) is 15.5. The Kier molecular flexibility index (Phi) is 5.53. The second-order valence-electron chi connectivity index (χ2n) is 7.31. The zero-order valence-electron chi connectivity index (χ0n) is 14.7. The first-order valence-corrected chi connectivity index (χ1v) is 9.64. The molecule has 1 aromatic rings. The van der Waals surface area contributed by atoms with Crippen LogP contribution in [0.1, 0.15) is 44.0 Å². The van der Waals surface area contributed by atoms with Crippen molar-refractivity contribution in [2.24, 2.45) is 5.92 Å². The van der Waals surface area contributed by atoms with E-state index >= 15 is 0 Å². The summed E-state index contributed by atoms with van der Waals surface area (Å²) in [6, 6.07) is 5.70. The number of likely N-dealkylation sites (tertiary alicyclic amines) is 1. The van der Waals surface area contributed by atoms with Gasteiger partial charge in [-0.25, -0.2) is 13.1 Å². The highest BCUT2D eigenvalue weighted by Crippen LogP contribution is 2.20. The summed E-state index contributed by atoms with van der Waals surface area (Å²) in [5.74, 6) is -1.72. The number of carbonyl (C=O) groups is 2. The number of aliphatic carboxylic acids is 1. The van der Waals surface area contributed by atoms with Crippen molar-refractivity contribution >= 4 is 21.9 Å². The van der Waals surface area contributed by atoms with Gasteiger partial charge in [-0.1, -0.05) is 0 Å². The minimum absolute atomic E-state index is 0.0843. The Morgan fingerprint density at radius 2 is 1.80 bits per heavy atom. The second kappa shape index (κ2) is 7.13. The largest absolute Gasteiger partial charge is 0.481 e. The van der Waals surface area contributed by atoms with Crippen LogP contribution in [0.25, 0.3) is 0 Å². The van der Waals surface area contributed by atoms with E-state index in [1.54, 1.807) is 20.8 Å². The average molecular weight is 368 g/mol. The van der Waals surface area contributed by atoms with Gasteiger partial charge < -0.3 is 10.0 Å². The van der Waals surface area contributed by atoms with E-state index in [4.69, 9.17) is 5.11 Å². The monoisotopic (exact) mass is 368 g/mol. The van der Waals surface area contributed by atoms with E-state index < -0.39 is 27.4 Å². The average Bonchev–Trinajstić information content (AvgIpc) is 2.52. The van der Waals surface area contributed by atoms with Crippen molar-refractivity contribution in [2.45, 2.75) is 44.0 Å². The third kappa shape index (κ3) is 5.02. The summed E-state index contributed by atoms with van der Waals surface area (Å²) in [4.78, 5) is 25.2. The summed E-state index contributed by atoms with van der Waals surface area (Å²) in [5.41, 5.74) is -0.256. The maximum absolute atomic E-state index is 12.5. The highest BCUT2D eigenvalue weighted by molar-refractivity contribution is 7.89. The van der Waals surface area contributed by atoms with Gasteiger partial charge >= 0.3 is 5.97 Å². The molecule has 0 unspecified atom stereocenters. The fourth-order valence-corrected chi connectivity index (χ4v) is 4.20. The van der Waals surface area contributed by atoms with E-state index in [1.165, 1.54) is 29.2 Å². The third-order valence-electron chi connectivity index (χ3n) is 3.91. The molecule has 1 aliphatic heterocycles. The van der Waals surface area contributed by atoms with Gasteiger partial charge in [-0.05, 0) is 57.9 Å². The van der Waals surface area contributed by atoms with Gasteiger partial charge in [0, 0.05) is 24.2 Å². The number of carboxylic acid groups (broad SMARTS) is 1. The van der Waals surface area contributed by atoms with Crippen LogP contribution < -0.4 is 4.72 Å². The highest BCUT2D eigenvalue weighted by Gasteiger charge is 2.29. The van der Waals surface area contributed by atoms with Gasteiger partial charge in [0.25, 0.3) is 5.91 Å². The Morgan fingerprint density at radius 1 is 1.20 bits per heavy atom. The van der Waals surface area contributed by atoms with Gasteiger partial charge in [0.2, 0.25) is 10.0 Å². The maximum Gasteiger partial charge on any atom is 0.308 e. The molecule has 8 heteroatoms. The normalized spacial score (nSPS) is 18.8. The Labute approximate surface area is 148 Å². The molecule has 0 spiro atoms. The van der Waals surface area contributed by atoms with E-state index in [0.29, 0.717) is 24.9 Å². The molecule has 0 radical (unpaired) electrons. The molecule has 7 nitrogen and oxygen atoms in total. The predicted molar refractivity (Wildman–Crippen MR) is 92.8 cm³/mol. The van der Waals surface area contributed by atoms with Gasteiger partial charge in [-0.3, -0.25) is 9.59 Å². The van der Waals surface area contributed by atoms with Crippen LogP contribution in [0, 0.1) is 5.92 Å². The van der Waals surface area contributed by atoms with Crippen LogP contribution in [0.5, 0.6) is 0 Å². The first-order chi connectivity index (χ1) is 11.5. The van der Waals surface area contributed by atoms with Crippen molar-refractivity contribution in [3.05, 3.63) is 29.8 Å². The van der Waals surface area contributed by atoms with Gasteiger partial charge in [0.15, 0.2) is 0 Å². The molecule has 1 saturated heterocycles. The van der Waals surface area contributed by atoms with Crippen LogP contribution >= 0.6 is 0 Å². The molecule has 0 aliphatic carbocycles. The summed E-state index contributed by atoms with van der Waals surface area (Å²) in [5, 5.41) is 9.12. The lowest BCUT2D eigenvalue weighted by Gasteiger charge is -2.30. The highest BCUT2D eigenvalue weighted by atomic mass is 32.2. The minimum atomic E-state index is -3.66. The van der Waals surface area contributed by atoms with Crippen molar-refractivity contribution in [1.82, 2.24) is 9.62 Å². The number of carbonyl (C=O) groups excluding carboxylic acids is 1. The molecule has 138 valence electrons. The van der Waals surface area contributed by atoms with Crippen LogP contribution in [0.4, 0.5) is 0 Å². The molecule has 25 heavy (non-hydrogen) atoms. The maximum atomic E-state index is 12.5. The minimum Gasteiger partial charge on any atom is -0.481 e.